The number of pyridine rings is 1. The minimum Gasteiger partial charge on any atom is -0.474 e. The number of aromatic nitrogens is 4. The summed E-state index contributed by atoms with van der Waals surface area (Å²) in [5, 5.41) is 13.1. The van der Waals surface area contributed by atoms with Gasteiger partial charge < -0.3 is 9.14 Å². The van der Waals surface area contributed by atoms with Crippen LogP contribution in [0.3, 0.4) is 0 Å². The van der Waals surface area contributed by atoms with E-state index in [1.54, 1.807) is 24.0 Å². The number of aryl methyl sites for hydroxylation is 1. The van der Waals surface area contributed by atoms with E-state index in [0.29, 0.717) is 5.75 Å². The normalized spacial score (nSPS) is 12.2. The topological polar surface area (TPSA) is 68.1 Å². The molecule has 3 heterocycles. The summed E-state index contributed by atoms with van der Waals surface area (Å²) in [6.45, 7) is 1.71. The fraction of sp³-hybridized carbons (Fsp3) is 0.214. The predicted octanol–water partition coefficient (Wildman–Crippen LogP) is 2.03. The Kier molecular flexibility index (Phi) is 2.88. The van der Waals surface area contributed by atoms with Crippen molar-refractivity contribution in [2.24, 2.45) is 7.05 Å². The zero-order valence-electron chi connectivity index (χ0n) is 11.2. The SMILES string of the molecule is CC(C#N)Oc1cn2ccnc2cc1-c1cnn(C)c1. The van der Waals surface area contributed by atoms with Crippen LogP contribution in [0.15, 0.2) is 37.1 Å². The van der Waals surface area contributed by atoms with Gasteiger partial charge in [-0.15, -0.1) is 0 Å². The maximum absolute atomic E-state index is 8.92. The van der Waals surface area contributed by atoms with Gasteiger partial charge in [-0.05, 0) is 13.0 Å². The van der Waals surface area contributed by atoms with E-state index in [9.17, 15) is 0 Å². The molecule has 0 bridgehead atoms. The highest BCUT2D eigenvalue weighted by molar-refractivity contribution is 5.72. The van der Waals surface area contributed by atoms with Crippen LogP contribution in [0.5, 0.6) is 5.75 Å². The van der Waals surface area contributed by atoms with E-state index in [-0.39, 0.29) is 0 Å². The Balaban J connectivity index is 2.16. The minimum atomic E-state index is -0.522. The van der Waals surface area contributed by atoms with Crippen LogP contribution in [0, 0.1) is 11.3 Å². The second kappa shape index (κ2) is 4.70. The molecule has 0 amide bonds. The van der Waals surface area contributed by atoms with Crippen LogP contribution < -0.4 is 4.74 Å². The number of nitriles is 1. The van der Waals surface area contributed by atoms with Crippen LogP contribution in [0.25, 0.3) is 16.8 Å². The summed E-state index contributed by atoms with van der Waals surface area (Å²) in [6, 6.07) is 4.00. The van der Waals surface area contributed by atoms with Gasteiger partial charge in [0.2, 0.25) is 0 Å². The van der Waals surface area contributed by atoms with Gasteiger partial charge in [-0.3, -0.25) is 4.68 Å². The molecule has 3 rings (SSSR count). The van der Waals surface area contributed by atoms with Gasteiger partial charge in [0.25, 0.3) is 0 Å². The van der Waals surface area contributed by atoms with Gasteiger partial charge >= 0.3 is 0 Å². The molecule has 0 aliphatic carbocycles. The number of hydrogen-bond donors (Lipinski definition) is 0. The van der Waals surface area contributed by atoms with Gasteiger partial charge in [-0.25, -0.2) is 4.98 Å². The fourth-order valence-electron chi connectivity index (χ4n) is 2.04. The second-order valence-corrected chi connectivity index (χ2v) is 4.54. The van der Waals surface area contributed by atoms with Crippen LogP contribution in [-0.2, 0) is 7.05 Å². The number of nitrogens with zero attached hydrogens (tertiary/aromatic N) is 5. The standard InChI is InChI=1S/C14H13N5O/c1-10(6-15)20-13-9-19-4-3-16-14(19)5-12(13)11-7-17-18(2)8-11/h3-5,7-10H,1-2H3. The fourth-order valence-corrected chi connectivity index (χ4v) is 2.04. The van der Waals surface area contributed by atoms with E-state index >= 15 is 0 Å². The third kappa shape index (κ3) is 2.10. The minimum absolute atomic E-state index is 0.522. The molecule has 0 N–H and O–H groups in total. The van der Waals surface area contributed by atoms with Gasteiger partial charge in [0.05, 0.1) is 12.4 Å². The Morgan fingerprint density at radius 2 is 2.25 bits per heavy atom. The molecular formula is C14H13N5O. The van der Waals surface area contributed by atoms with Crippen molar-refractivity contribution in [3.05, 3.63) is 37.1 Å². The maximum atomic E-state index is 8.92. The first kappa shape index (κ1) is 12.2. The molecule has 0 radical (unpaired) electrons. The van der Waals surface area contributed by atoms with Crippen molar-refractivity contribution in [3.8, 4) is 22.9 Å². The van der Waals surface area contributed by atoms with Crippen molar-refractivity contribution < 1.29 is 4.74 Å². The second-order valence-electron chi connectivity index (χ2n) is 4.54. The van der Waals surface area contributed by atoms with E-state index in [2.05, 4.69) is 16.2 Å². The van der Waals surface area contributed by atoms with Crippen LogP contribution >= 0.6 is 0 Å². The van der Waals surface area contributed by atoms with Crippen molar-refractivity contribution in [2.75, 3.05) is 0 Å². The first-order valence-corrected chi connectivity index (χ1v) is 6.19. The molecule has 3 aromatic heterocycles. The van der Waals surface area contributed by atoms with Crippen molar-refractivity contribution in [1.29, 1.82) is 5.26 Å². The van der Waals surface area contributed by atoms with Crippen LogP contribution in [0.1, 0.15) is 6.92 Å². The average molecular weight is 267 g/mol. The lowest BCUT2D eigenvalue weighted by Gasteiger charge is -2.12. The highest BCUT2D eigenvalue weighted by Gasteiger charge is 2.13. The highest BCUT2D eigenvalue weighted by Crippen LogP contribution is 2.31. The third-order valence-corrected chi connectivity index (χ3v) is 3.00. The zero-order valence-corrected chi connectivity index (χ0v) is 11.2. The summed E-state index contributed by atoms with van der Waals surface area (Å²) >= 11 is 0. The number of fused-ring (bicyclic) bond motifs is 1. The molecule has 0 aliphatic heterocycles. The van der Waals surface area contributed by atoms with E-state index in [0.717, 1.165) is 16.8 Å². The molecule has 3 aromatic rings. The molecule has 1 unspecified atom stereocenters. The van der Waals surface area contributed by atoms with E-state index in [1.807, 2.05) is 36.1 Å². The summed E-state index contributed by atoms with van der Waals surface area (Å²) in [5.74, 6) is 0.637. The monoisotopic (exact) mass is 267 g/mol. The summed E-state index contributed by atoms with van der Waals surface area (Å²) < 4.78 is 9.27. The molecule has 0 saturated carbocycles. The van der Waals surface area contributed by atoms with Gasteiger partial charge in [-0.2, -0.15) is 10.4 Å². The summed E-state index contributed by atoms with van der Waals surface area (Å²) in [6.07, 6.45) is 8.54. The Bertz CT molecular complexity index is 795. The molecule has 6 nitrogen and oxygen atoms in total. The largest absolute Gasteiger partial charge is 0.474 e. The predicted molar refractivity (Wildman–Crippen MR) is 73.1 cm³/mol. The smallest absolute Gasteiger partial charge is 0.181 e. The highest BCUT2D eigenvalue weighted by atomic mass is 16.5. The summed E-state index contributed by atoms with van der Waals surface area (Å²) in [5.41, 5.74) is 2.62. The zero-order chi connectivity index (χ0) is 14.1. The van der Waals surface area contributed by atoms with E-state index in [1.165, 1.54) is 0 Å². The van der Waals surface area contributed by atoms with Crippen molar-refractivity contribution in [3.63, 3.8) is 0 Å². The molecule has 20 heavy (non-hydrogen) atoms. The Morgan fingerprint density at radius 1 is 1.40 bits per heavy atom. The molecular weight excluding hydrogens is 254 g/mol. The number of imidazole rings is 1. The molecule has 0 aliphatic rings. The molecule has 6 heteroatoms. The lowest BCUT2D eigenvalue weighted by molar-refractivity contribution is 0.276. The summed E-state index contributed by atoms with van der Waals surface area (Å²) in [7, 11) is 1.86. The maximum Gasteiger partial charge on any atom is 0.181 e. The third-order valence-electron chi connectivity index (χ3n) is 3.00. The Hall–Kier alpha value is -2.81. The Labute approximate surface area is 115 Å². The van der Waals surface area contributed by atoms with E-state index < -0.39 is 6.10 Å². The van der Waals surface area contributed by atoms with Gasteiger partial charge in [0, 0.05) is 36.8 Å². The van der Waals surface area contributed by atoms with Crippen molar-refractivity contribution in [2.45, 2.75) is 13.0 Å². The first-order valence-electron chi connectivity index (χ1n) is 6.19. The number of ether oxygens (including phenoxy) is 1. The molecule has 100 valence electrons. The van der Waals surface area contributed by atoms with Gasteiger partial charge in [0.15, 0.2) is 6.10 Å². The van der Waals surface area contributed by atoms with Crippen molar-refractivity contribution >= 4 is 5.65 Å². The molecule has 0 fully saturated rings. The van der Waals surface area contributed by atoms with E-state index in [4.69, 9.17) is 10.00 Å². The molecule has 0 saturated heterocycles. The van der Waals surface area contributed by atoms with Crippen LogP contribution in [0.2, 0.25) is 0 Å². The van der Waals surface area contributed by atoms with Gasteiger partial charge in [-0.1, -0.05) is 0 Å². The van der Waals surface area contributed by atoms with Gasteiger partial charge in [0.1, 0.15) is 17.5 Å². The number of rotatable bonds is 3. The number of hydrogen-bond acceptors (Lipinski definition) is 4. The van der Waals surface area contributed by atoms with Crippen molar-refractivity contribution in [1.82, 2.24) is 19.2 Å². The first-order chi connectivity index (χ1) is 9.67. The summed E-state index contributed by atoms with van der Waals surface area (Å²) in [4.78, 5) is 4.27. The lowest BCUT2D eigenvalue weighted by atomic mass is 10.1. The average Bonchev–Trinajstić information content (AvgIpc) is 3.05. The lowest BCUT2D eigenvalue weighted by Crippen LogP contribution is -2.09. The van der Waals surface area contributed by atoms with Crippen LogP contribution in [0.4, 0.5) is 0 Å². The molecule has 0 aromatic carbocycles. The molecule has 0 spiro atoms. The quantitative estimate of drug-likeness (QED) is 0.728. The molecule has 1 atom stereocenters. The van der Waals surface area contributed by atoms with Crippen LogP contribution in [-0.4, -0.2) is 25.3 Å². The Morgan fingerprint density at radius 3 is 2.95 bits per heavy atom.